The summed E-state index contributed by atoms with van der Waals surface area (Å²) in [7, 11) is 0. The molecule has 1 aliphatic rings. The van der Waals surface area contributed by atoms with Gasteiger partial charge in [-0.05, 0) is 57.2 Å². The van der Waals surface area contributed by atoms with Crippen molar-refractivity contribution in [1.29, 1.82) is 0 Å². The molecule has 0 amide bonds. The molecule has 0 saturated heterocycles. The van der Waals surface area contributed by atoms with Crippen molar-refractivity contribution in [3.63, 3.8) is 0 Å². The minimum absolute atomic E-state index is 0.0775. The Morgan fingerprint density at radius 2 is 2.00 bits per heavy atom. The van der Waals surface area contributed by atoms with E-state index in [4.69, 9.17) is 4.42 Å². The number of fused-ring (bicyclic) bond motifs is 1. The van der Waals surface area contributed by atoms with Gasteiger partial charge in [-0.2, -0.15) is 0 Å². The first-order valence-electron chi connectivity index (χ1n) is 7.32. The van der Waals surface area contributed by atoms with Crippen LogP contribution in [0.15, 0.2) is 29.0 Å². The van der Waals surface area contributed by atoms with E-state index in [2.05, 4.69) is 49.3 Å². The van der Waals surface area contributed by atoms with Gasteiger partial charge < -0.3 is 9.73 Å². The van der Waals surface area contributed by atoms with Crippen molar-refractivity contribution in [2.75, 3.05) is 0 Å². The van der Waals surface area contributed by atoms with Gasteiger partial charge >= 0.3 is 0 Å². The Bertz CT molecular complexity index is 608. The molecule has 106 valence electrons. The molecule has 3 rings (SSSR count). The Morgan fingerprint density at radius 3 is 2.80 bits per heavy atom. The van der Waals surface area contributed by atoms with Gasteiger partial charge in [0, 0.05) is 17.6 Å². The van der Waals surface area contributed by atoms with E-state index in [0.717, 1.165) is 23.6 Å². The van der Waals surface area contributed by atoms with Gasteiger partial charge in [0.05, 0.1) is 0 Å². The lowest BCUT2D eigenvalue weighted by Crippen LogP contribution is -2.35. The van der Waals surface area contributed by atoms with E-state index in [0.29, 0.717) is 0 Å². The molecule has 1 N–H and O–H groups in total. The van der Waals surface area contributed by atoms with E-state index < -0.39 is 0 Å². The zero-order valence-corrected chi connectivity index (χ0v) is 12.5. The van der Waals surface area contributed by atoms with E-state index in [1.807, 2.05) is 0 Å². The van der Waals surface area contributed by atoms with Crippen molar-refractivity contribution in [2.45, 2.75) is 52.1 Å². The van der Waals surface area contributed by atoms with Crippen LogP contribution in [0.3, 0.4) is 0 Å². The fraction of sp³-hybridized carbons (Fsp3) is 0.471. The molecule has 0 unspecified atom stereocenters. The Morgan fingerprint density at radius 1 is 1.20 bits per heavy atom. The SMILES string of the molecule is CC(C)(C)NCc1ncoc1-c1ccc2c(c1)CCC2. The average molecular weight is 270 g/mol. The summed E-state index contributed by atoms with van der Waals surface area (Å²) in [5.41, 5.74) is 5.16. The first-order valence-corrected chi connectivity index (χ1v) is 7.32. The molecule has 3 nitrogen and oxygen atoms in total. The van der Waals surface area contributed by atoms with Crippen LogP contribution in [-0.2, 0) is 19.4 Å². The van der Waals surface area contributed by atoms with Crippen LogP contribution in [0, 0.1) is 0 Å². The Labute approximate surface area is 120 Å². The zero-order valence-electron chi connectivity index (χ0n) is 12.5. The molecule has 0 fully saturated rings. The summed E-state index contributed by atoms with van der Waals surface area (Å²) in [6, 6.07) is 6.66. The molecule has 1 aromatic heterocycles. The highest BCUT2D eigenvalue weighted by Crippen LogP contribution is 2.29. The van der Waals surface area contributed by atoms with E-state index in [1.54, 1.807) is 6.39 Å². The van der Waals surface area contributed by atoms with Gasteiger partial charge in [-0.3, -0.25) is 0 Å². The molecule has 3 heteroatoms. The molecule has 1 aliphatic carbocycles. The fourth-order valence-electron chi connectivity index (χ4n) is 2.69. The Balaban J connectivity index is 1.86. The van der Waals surface area contributed by atoms with Crippen LogP contribution in [0.4, 0.5) is 0 Å². The third kappa shape index (κ3) is 2.78. The Kier molecular flexibility index (Phi) is 3.38. The molecule has 20 heavy (non-hydrogen) atoms. The maximum Gasteiger partial charge on any atom is 0.181 e. The van der Waals surface area contributed by atoms with E-state index in [1.165, 1.54) is 30.4 Å². The Hall–Kier alpha value is -1.61. The first kappa shape index (κ1) is 13.4. The van der Waals surface area contributed by atoms with Crippen molar-refractivity contribution in [3.05, 3.63) is 41.4 Å². The quantitative estimate of drug-likeness (QED) is 0.923. The summed E-state index contributed by atoms with van der Waals surface area (Å²) in [5.74, 6) is 0.899. The van der Waals surface area contributed by atoms with Crippen LogP contribution < -0.4 is 5.32 Å². The maximum absolute atomic E-state index is 5.62. The molecule has 0 aliphatic heterocycles. The second-order valence-corrected chi connectivity index (χ2v) is 6.57. The highest BCUT2D eigenvalue weighted by Gasteiger charge is 2.17. The second-order valence-electron chi connectivity index (χ2n) is 6.57. The lowest BCUT2D eigenvalue weighted by Gasteiger charge is -2.19. The van der Waals surface area contributed by atoms with Gasteiger partial charge in [0.1, 0.15) is 5.69 Å². The normalized spacial score (nSPS) is 14.6. The van der Waals surface area contributed by atoms with E-state index in [-0.39, 0.29) is 5.54 Å². The summed E-state index contributed by atoms with van der Waals surface area (Å²) in [5, 5.41) is 3.46. The van der Waals surface area contributed by atoms with Gasteiger partial charge in [-0.1, -0.05) is 12.1 Å². The third-order valence-electron chi connectivity index (χ3n) is 3.79. The topological polar surface area (TPSA) is 38.1 Å². The van der Waals surface area contributed by atoms with Gasteiger partial charge in [0.25, 0.3) is 0 Å². The van der Waals surface area contributed by atoms with E-state index in [9.17, 15) is 0 Å². The number of nitrogens with zero attached hydrogens (tertiary/aromatic N) is 1. The van der Waals surface area contributed by atoms with Crippen LogP contribution in [0.2, 0.25) is 0 Å². The number of hydrogen-bond donors (Lipinski definition) is 1. The lowest BCUT2D eigenvalue weighted by molar-refractivity contribution is 0.421. The van der Waals surface area contributed by atoms with E-state index >= 15 is 0 Å². The lowest BCUT2D eigenvalue weighted by atomic mass is 10.0. The third-order valence-corrected chi connectivity index (χ3v) is 3.79. The van der Waals surface area contributed by atoms with Crippen molar-refractivity contribution in [2.24, 2.45) is 0 Å². The standard InChI is InChI=1S/C17H22N2O/c1-17(2,3)19-10-15-16(20-11-18-15)14-8-7-12-5-4-6-13(12)9-14/h7-9,11,19H,4-6,10H2,1-3H3. The molecular formula is C17H22N2O. The summed E-state index contributed by atoms with van der Waals surface area (Å²) in [4.78, 5) is 4.36. The van der Waals surface area contributed by atoms with Crippen LogP contribution >= 0.6 is 0 Å². The number of benzene rings is 1. The number of oxazole rings is 1. The molecule has 1 heterocycles. The van der Waals surface area contributed by atoms with Crippen molar-refractivity contribution < 1.29 is 4.42 Å². The average Bonchev–Trinajstić information content (AvgIpc) is 3.03. The van der Waals surface area contributed by atoms with Crippen LogP contribution in [0.1, 0.15) is 44.0 Å². The molecule has 0 radical (unpaired) electrons. The summed E-state index contributed by atoms with van der Waals surface area (Å²) in [6.07, 6.45) is 5.22. The van der Waals surface area contributed by atoms with Crippen molar-refractivity contribution >= 4 is 0 Å². The summed E-state index contributed by atoms with van der Waals surface area (Å²) >= 11 is 0. The molecule has 0 atom stereocenters. The fourth-order valence-corrected chi connectivity index (χ4v) is 2.69. The van der Waals surface area contributed by atoms with Crippen molar-refractivity contribution in [1.82, 2.24) is 10.3 Å². The minimum Gasteiger partial charge on any atom is -0.443 e. The van der Waals surface area contributed by atoms with Gasteiger partial charge in [0.2, 0.25) is 0 Å². The zero-order chi connectivity index (χ0) is 14.2. The highest BCUT2D eigenvalue weighted by atomic mass is 16.3. The summed E-state index contributed by atoms with van der Waals surface area (Å²) < 4.78 is 5.62. The summed E-state index contributed by atoms with van der Waals surface area (Å²) in [6.45, 7) is 7.19. The maximum atomic E-state index is 5.62. The predicted octanol–water partition coefficient (Wildman–Crippen LogP) is 3.72. The van der Waals surface area contributed by atoms with Gasteiger partial charge in [-0.25, -0.2) is 4.98 Å². The van der Waals surface area contributed by atoms with Crippen LogP contribution in [0.25, 0.3) is 11.3 Å². The monoisotopic (exact) mass is 270 g/mol. The second kappa shape index (κ2) is 5.06. The molecule has 0 bridgehead atoms. The molecule has 2 aromatic rings. The van der Waals surface area contributed by atoms with Gasteiger partial charge in [0.15, 0.2) is 12.2 Å². The minimum atomic E-state index is 0.0775. The van der Waals surface area contributed by atoms with Gasteiger partial charge in [-0.15, -0.1) is 0 Å². The number of hydrogen-bond acceptors (Lipinski definition) is 3. The predicted molar refractivity (Wildman–Crippen MR) is 80.6 cm³/mol. The molecule has 1 aromatic carbocycles. The number of aryl methyl sites for hydroxylation is 2. The van der Waals surface area contributed by atoms with Crippen LogP contribution in [0.5, 0.6) is 0 Å². The van der Waals surface area contributed by atoms with Crippen molar-refractivity contribution in [3.8, 4) is 11.3 Å². The number of aromatic nitrogens is 1. The molecule has 0 saturated carbocycles. The smallest absolute Gasteiger partial charge is 0.181 e. The highest BCUT2D eigenvalue weighted by molar-refractivity contribution is 5.62. The number of nitrogens with one attached hydrogen (secondary N) is 1. The molecule has 0 spiro atoms. The largest absolute Gasteiger partial charge is 0.443 e. The molecular weight excluding hydrogens is 248 g/mol. The van der Waals surface area contributed by atoms with Crippen LogP contribution in [-0.4, -0.2) is 10.5 Å². The first-order chi connectivity index (χ1) is 9.53. The number of rotatable bonds is 3.